The molecule has 2 heterocycles. The SMILES string of the molecule is CC(C)(NC(=O)CSCc1ccccn1)c1ccc2c(c1)OCO2. The van der Waals surface area contributed by atoms with Gasteiger partial charge in [-0.1, -0.05) is 12.1 Å². The zero-order valence-electron chi connectivity index (χ0n) is 13.7. The molecule has 3 rings (SSSR count). The first-order valence-corrected chi connectivity index (χ1v) is 8.89. The minimum absolute atomic E-state index is 0.00130. The van der Waals surface area contributed by atoms with Crippen LogP contribution < -0.4 is 14.8 Å². The van der Waals surface area contributed by atoms with Gasteiger partial charge in [-0.2, -0.15) is 0 Å². The van der Waals surface area contributed by atoms with Crippen LogP contribution in [-0.2, 0) is 16.1 Å². The predicted octanol–water partition coefficient (Wildman–Crippen LogP) is 3.10. The van der Waals surface area contributed by atoms with Crippen molar-refractivity contribution in [2.45, 2.75) is 25.1 Å². The average Bonchev–Trinajstić information content (AvgIpc) is 3.03. The molecular formula is C18H20N2O3S. The number of benzene rings is 1. The number of rotatable bonds is 6. The van der Waals surface area contributed by atoms with Gasteiger partial charge in [0.2, 0.25) is 12.7 Å². The van der Waals surface area contributed by atoms with Crippen LogP contribution >= 0.6 is 11.8 Å². The number of aromatic nitrogens is 1. The highest BCUT2D eigenvalue weighted by Crippen LogP contribution is 2.35. The summed E-state index contributed by atoms with van der Waals surface area (Å²) in [5.41, 5.74) is 1.48. The molecule has 0 spiro atoms. The van der Waals surface area contributed by atoms with Crippen LogP contribution in [0.5, 0.6) is 11.5 Å². The summed E-state index contributed by atoms with van der Waals surface area (Å²) in [7, 11) is 0. The number of nitrogens with zero attached hydrogens (tertiary/aromatic N) is 1. The van der Waals surface area contributed by atoms with Gasteiger partial charge >= 0.3 is 0 Å². The normalized spacial score (nSPS) is 12.9. The van der Waals surface area contributed by atoms with E-state index < -0.39 is 5.54 Å². The first-order valence-electron chi connectivity index (χ1n) is 7.73. The molecule has 0 aliphatic carbocycles. The fourth-order valence-electron chi connectivity index (χ4n) is 2.47. The molecule has 2 aromatic rings. The number of hydrogen-bond donors (Lipinski definition) is 1. The molecule has 6 heteroatoms. The Labute approximate surface area is 145 Å². The van der Waals surface area contributed by atoms with E-state index >= 15 is 0 Å². The topological polar surface area (TPSA) is 60.5 Å². The standard InChI is InChI=1S/C18H20N2O3S/c1-18(2,13-6-7-15-16(9-13)23-12-22-15)20-17(21)11-24-10-14-5-3-4-8-19-14/h3-9H,10-12H2,1-2H3,(H,20,21). The van der Waals surface area contributed by atoms with Crippen molar-refractivity contribution in [3.05, 3.63) is 53.9 Å². The Morgan fingerprint density at radius 1 is 1.25 bits per heavy atom. The van der Waals surface area contributed by atoms with Crippen LogP contribution in [0.25, 0.3) is 0 Å². The van der Waals surface area contributed by atoms with Crippen LogP contribution in [0.4, 0.5) is 0 Å². The van der Waals surface area contributed by atoms with Gasteiger partial charge in [-0.15, -0.1) is 11.8 Å². The van der Waals surface area contributed by atoms with Crippen LogP contribution in [0.1, 0.15) is 25.1 Å². The maximum atomic E-state index is 12.2. The minimum atomic E-state index is -0.483. The van der Waals surface area contributed by atoms with Gasteiger partial charge in [0.1, 0.15) is 0 Å². The number of pyridine rings is 1. The lowest BCUT2D eigenvalue weighted by atomic mass is 9.94. The van der Waals surface area contributed by atoms with E-state index in [1.165, 1.54) is 0 Å². The number of ether oxygens (including phenoxy) is 2. The minimum Gasteiger partial charge on any atom is -0.454 e. The van der Waals surface area contributed by atoms with Crippen molar-refractivity contribution >= 4 is 17.7 Å². The first kappa shape index (κ1) is 16.6. The number of thioether (sulfide) groups is 1. The second-order valence-electron chi connectivity index (χ2n) is 6.06. The second-order valence-corrected chi connectivity index (χ2v) is 7.04. The third-order valence-corrected chi connectivity index (χ3v) is 4.72. The van der Waals surface area contributed by atoms with Crippen molar-refractivity contribution in [2.24, 2.45) is 0 Å². The Bertz CT molecular complexity index is 719. The summed E-state index contributed by atoms with van der Waals surface area (Å²) < 4.78 is 10.7. The van der Waals surface area contributed by atoms with E-state index in [1.807, 2.05) is 50.2 Å². The van der Waals surface area contributed by atoms with Crippen molar-refractivity contribution in [2.75, 3.05) is 12.5 Å². The molecule has 1 aliphatic rings. The fraction of sp³-hybridized carbons (Fsp3) is 0.333. The summed E-state index contributed by atoms with van der Waals surface area (Å²) in [4.78, 5) is 16.5. The van der Waals surface area contributed by atoms with Crippen molar-refractivity contribution in [3.8, 4) is 11.5 Å². The Balaban J connectivity index is 1.54. The van der Waals surface area contributed by atoms with Gasteiger partial charge in [-0.3, -0.25) is 9.78 Å². The lowest BCUT2D eigenvalue weighted by Crippen LogP contribution is -2.41. The van der Waals surface area contributed by atoms with Crippen molar-refractivity contribution in [1.82, 2.24) is 10.3 Å². The fourth-order valence-corrected chi connectivity index (χ4v) is 3.21. The summed E-state index contributed by atoms with van der Waals surface area (Å²) in [6.07, 6.45) is 1.76. The van der Waals surface area contributed by atoms with Gasteiger partial charge in [0.25, 0.3) is 0 Å². The van der Waals surface area contributed by atoms with Crippen molar-refractivity contribution in [1.29, 1.82) is 0 Å². The number of carbonyl (C=O) groups is 1. The van der Waals surface area contributed by atoms with Crippen molar-refractivity contribution < 1.29 is 14.3 Å². The third-order valence-electron chi connectivity index (χ3n) is 3.76. The maximum Gasteiger partial charge on any atom is 0.231 e. The molecule has 1 N–H and O–H groups in total. The van der Waals surface area contributed by atoms with E-state index in [0.717, 1.165) is 28.5 Å². The Kier molecular flexibility index (Phi) is 4.94. The molecule has 1 aromatic heterocycles. The van der Waals surface area contributed by atoms with Gasteiger partial charge < -0.3 is 14.8 Å². The smallest absolute Gasteiger partial charge is 0.231 e. The number of nitrogens with one attached hydrogen (secondary N) is 1. The van der Waals surface area contributed by atoms with Crippen LogP contribution in [0.2, 0.25) is 0 Å². The molecule has 0 saturated carbocycles. The van der Waals surface area contributed by atoms with E-state index in [-0.39, 0.29) is 12.7 Å². The maximum absolute atomic E-state index is 12.2. The number of fused-ring (bicyclic) bond motifs is 1. The lowest BCUT2D eigenvalue weighted by molar-refractivity contribution is -0.120. The molecule has 0 radical (unpaired) electrons. The monoisotopic (exact) mass is 344 g/mol. The highest BCUT2D eigenvalue weighted by Gasteiger charge is 2.25. The Hall–Kier alpha value is -2.21. The van der Waals surface area contributed by atoms with E-state index in [4.69, 9.17) is 9.47 Å². The predicted molar refractivity (Wildman–Crippen MR) is 94.1 cm³/mol. The molecule has 0 fully saturated rings. The molecule has 5 nitrogen and oxygen atoms in total. The van der Waals surface area contributed by atoms with Crippen molar-refractivity contribution in [3.63, 3.8) is 0 Å². The van der Waals surface area contributed by atoms with Crippen LogP contribution in [0.15, 0.2) is 42.6 Å². The molecule has 1 aliphatic heterocycles. The molecule has 0 saturated heterocycles. The molecule has 126 valence electrons. The zero-order chi connectivity index (χ0) is 17.0. The summed E-state index contributed by atoms with van der Waals surface area (Å²) in [5, 5.41) is 3.07. The van der Waals surface area contributed by atoms with Crippen LogP contribution in [0, 0.1) is 0 Å². The number of hydrogen-bond acceptors (Lipinski definition) is 5. The highest BCUT2D eigenvalue weighted by molar-refractivity contribution is 7.99. The number of amides is 1. The number of carbonyl (C=O) groups excluding carboxylic acids is 1. The van der Waals surface area contributed by atoms with E-state index in [1.54, 1.807) is 18.0 Å². The quantitative estimate of drug-likeness (QED) is 0.872. The van der Waals surface area contributed by atoms with E-state index in [2.05, 4.69) is 10.3 Å². The molecular weight excluding hydrogens is 324 g/mol. The summed E-state index contributed by atoms with van der Waals surface area (Å²) in [6.45, 7) is 4.20. The van der Waals surface area contributed by atoms with Gasteiger partial charge in [0.15, 0.2) is 11.5 Å². The second kappa shape index (κ2) is 7.13. The first-order chi connectivity index (χ1) is 11.5. The molecule has 24 heavy (non-hydrogen) atoms. The van der Waals surface area contributed by atoms with E-state index in [0.29, 0.717) is 5.75 Å². The van der Waals surface area contributed by atoms with Crippen LogP contribution in [-0.4, -0.2) is 23.4 Å². The Morgan fingerprint density at radius 2 is 2.08 bits per heavy atom. The largest absolute Gasteiger partial charge is 0.454 e. The highest BCUT2D eigenvalue weighted by atomic mass is 32.2. The van der Waals surface area contributed by atoms with Gasteiger partial charge in [-0.05, 0) is 43.7 Å². The van der Waals surface area contributed by atoms with Gasteiger partial charge in [-0.25, -0.2) is 0 Å². The summed E-state index contributed by atoms with van der Waals surface area (Å²) >= 11 is 1.55. The molecule has 1 aromatic carbocycles. The van der Waals surface area contributed by atoms with Crippen LogP contribution in [0.3, 0.4) is 0 Å². The van der Waals surface area contributed by atoms with Gasteiger partial charge in [0, 0.05) is 11.9 Å². The molecule has 0 unspecified atom stereocenters. The summed E-state index contributed by atoms with van der Waals surface area (Å²) in [6, 6.07) is 11.5. The zero-order valence-corrected chi connectivity index (χ0v) is 14.6. The Morgan fingerprint density at radius 3 is 2.88 bits per heavy atom. The molecule has 0 bridgehead atoms. The van der Waals surface area contributed by atoms with E-state index in [9.17, 15) is 4.79 Å². The molecule has 1 amide bonds. The third kappa shape index (κ3) is 4.00. The summed E-state index contributed by atoms with van der Waals surface area (Å²) in [5.74, 6) is 2.58. The van der Waals surface area contributed by atoms with Gasteiger partial charge in [0.05, 0.1) is 17.0 Å². The lowest BCUT2D eigenvalue weighted by Gasteiger charge is -2.27. The molecule has 0 atom stereocenters. The average molecular weight is 344 g/mol.